The summed E-state index contributed by atoms with van der Waals surface area (Å²) in [7, 11) is -1.05. The molecule has 0 amide bonds. The Labute approximate surface area is 103 Å². The molecule has 1 heterocycles. The van der Waals surface area contributed by atoms with Gasteiger partial charge in [-0.2, -0.15) is 0 Å². The molecule has 2 rings (SSSR count). The number of hydrogen-bond donors (Lipinski definition) is 1. The van der Waals surface area contributed by atoms with Crippen LogP contribution in [0.1, 0.15) is 18.6 Å². The molecule has 1 atom stereocenters. The van der Waals surface area contributed by atoms with Crippen LogP contribution in [-0.4, -0.2) is 29.4 Å². The van der Waals surface area contributed by atoms with Gasteiger partial charge in [0.05, 0.1) is 0 Å². The van der Waals surface area contributed by atoms with E-state index in [1.54, 1.807) is 17.8 Å². The van der Waals surface area contributed by atoms with E-state index in [2.05, 4.69) is 0 Å². The monoisotopic (exact) mass is 253 g/mol. The lowest BCUT2D eigenvalue weighted by Gasteiger charge is -2.07. The van der Waals surface area contributed by atoms with Crippen LogP contribution in [0.2, 0.25) is 0 Å². The first-order valence-electron chi connectivity index (χ1n) is 5.33. The van der Waals surface area contributed by atoms with E-state index < -0.39 is 18.1 Å². The Hall–Kier alpha value is -1.05. The molecule has 5 nitrogen and oxygen atoms in total. The van der Waals surface area contributed by atoms with Gasteiger partial charge >= 0.3 is 7.12 Å². The Kier molecular flexibility index (Phi) is 3.71. The van der Waals surface area contributed by atoms with E-state index in [4.69, 9.17) is 4.65 Å². The minimum Gasteiger partial charge on any atom is -0.423 e. The average molecular weight is 253 g/mol. The first kappa shape index (κ1) is 12.4. The van der Waals surface area contributed by atoms with E-state index in [-0.39, 0.29) is 6.54 Å². The Bertz CT molecular complexity index is 442. The standard InChI is InChI=1S/C10H12BNO4S/c1-2-17-7-3-4-8-9(5-7)11(13)16-10(8)6-12(14)15/h3-5,10,13H,2,6H2,1H3. The smallest absolute Gasteiger partial charge is 0.423 e. The van der Waals surface area contributed by atoms with E-state index >= 15 is 0 Å². The van der Waals surface area contributed by atoms with Crippen LogP contribution in [-0.2, 0) is 4.65 Å². The fourth-order valence-electron chi connectivity index (χ4n) is 1.90. The fourth-order valence-corrected chi connectivity index (χ4v) is 2.60. The van der Waals surface area contributed by atoms with Crippen molar-refractivity contribution in [2.24, 2.45) is 0 Å². The number of fused-ring (bicyclic) bond motifs is 1. The van der Waals surface area contributed by atoms with Gasteiger partial charge in [0.2, 0.25) is 6.54 Å². The molecule has 1 N–H and O–H groups in total. The Morgan fingerprint density at radius 2 is 2.41 bits per heavy atom. The van der Waals surface area contributed by atoms with Crippen LogP contribution < -0.4 is 5.46 Å². The van der Waals surface area contributed by atoms with Gasteiger partial charge < -0.3 is 9.68 Å². The maximum Gasteiger partial charge on any atom is 0.492 e. The van der Waals surface area contributed by atoms with Gasteiger partial charge in [0.15, 0.2) is 0 Å². The quantitative estimate of drug-likeness (QED) is 0.372. The number of nitro groups is 1. The third-order valence-corrected chi connectivity index (χ3v) is 3.47. The molecule has 1 aromatic carbocycles. The second-order valence-corrected chi connectivity index (χ2v) is 5.05. The molecule has 90 valence electrons. The predicted octanol–water partition coefficient (Wildman–Crippen LogP) is 0.834. The highest BCUT2D eigenvalue weighted by Crippen LogP contribution is 2.26. The van der Waals surface area contributed by atoms with E-state index in [1.165, 1.54) is 0 Å². The predicted molar refractivity (Wildman–Crippen MR) is 66.1 cm³/mol. The summed E-state index contributed by atoms with van der Waals surface area (Å²) in [6.45, 7) is 1.73. The molecule has 0 saturated carbocycles. The van der Waals surface area contributed by atoms with Crippen LogP contribution >= 0.6 is 11.8 Å². The van der Waals surface area contributed by atoms with Crippen molar-refractivity contribution in [3.8, 4) is 0 Å². The molecule has 0 spiro atoms. The van der Waals surface area contributed by atoms with Crippen LogP contribution in [0.3, 0.4) is 0 Å². The molecule has 0 bridgehead atoms. The van der Waals surface area contributed by atoms with Crippen molar-refractivity contribution in [3.05, 3.63) is 33.9 Å². The van der Waals surface area contributed by atoms with E-state index in [0.717, 1.165) is 16.2 Å². The topological polar surface area (TPSA) is 72.6 Å². The highest BCUT2D eigenvalue weighted by Gasteiger charge is 2.37. The van der Waals surface area contributed by atoms with Gasteiger partial charge in [0, 0.05) is 9.82 Å². The minimum absolute atomic E-state index is 0.315. The second kappa shape index (κ2) is 5.08. The van der Waals surface area contributed by atoms with Crippen molar-refractivity contribution < 1.29 is 14.6 Å². The van der Waals surface area contributed by atoms with Gasteiger partial charge in [-0.05, 0) is 28.9 Å². The molecule has 1 aromatic rings. The summed E-state index contributed by atoms with van der Waals surface area (Å²) in [5.74, 6) is 0.939. The Balaban J connectivity index is 2.27. The summed E-state index contributed by atoms with van der Waals surface area (Å²) in [6.07, 6.45) is -0.643. The molecule has 0 fully saturated rings. The normalized spacial score (nSPS) is 18.2. The van der Waals surface area contributed by atoms with Gasteiger partial charge in [-0.25, -0.2) is 0 Å². The SMILES string of the molecule is CCSc1ccc2c(c1)B(O)OC2C[N+](=O)[O-]. The van der Waals surface area contributed by atoms with Gasteiger partial charge in [0.1, 0.15) is 6.10 Å². The molecule has 0 aliphatic carbocycles. The largest absolute Gasteiger partial charge is 0.492 e. The molecular weight excluding hydrogens is 241 g/mol. The third-order valence-electron chi connectivity index (χ3n) is 2.59. The summed E-state index contributed by atoms with van der Waals surface area (Å²) in [6, 6.07) is 5.55. The summed E-state index contributed by atoms with van der Waals surface area (Å²) >= 11 is 1.66. The number of rotatable bonds is 4. The molecule has 1 aliphatic rings. The zero-order valence-electron chi connectivity index (χ0n) is 9.33. The average Bonchev–Trinajstić information content (AvgIpc) is 2.55. The lowest BCUT2D eigenvalue weighted by Crippen LogP contribution is -2.28. The Morgan fingerprint density at radius 1 is 1.65 bits per heavy atom. The zero-order valence-corrected chi connectivity index (χ0v) is 10.1. The molecular formula is C10H12BNO4S. The van der Waals surface area contributed by atoms with Crippen LogP contribution in [0.15, 0.2) is 23.1 Å². The number of thioether (sulfide) groups is 1. The summed E-state index contributed by atoms with van der Waals surface area (Å²) in [4.78, 5) is 11.1. The Morgan fingerprint density at radius 3 is 3.06 bits per heavy atom. The van der Waals surface area contributed by atoms with Gasteiger partial charge in [-0.1, -0.05) is 13.0 Å². The highest BCUT2D eigenvalue weighted by atomic mass is 32.2. The molecule has 0 aromatic heterocycles. The van der Waals surface area contributed by atoms with E-state index in [9.17, 15) is 15.1 Å². The van der Waals surface area contributed by atoms with E-state index in [1.807, 2.05) is 19.1 Å². The summed E-state index contributed by atoms with van der Waals surface area (Å²) < 4.78 is 5.18. The number of hydrogen-bond acceptors (Lipinski definition) is 5. The van der Waals surface area contributed by atoms with Crippen LogP contribution in [0, 0.1) is 10.1 Å². The zero-order chi connectivity index (χ0) is 12.4. The minimum atomic E-state index is -1.05. The van der Waals surface area contributed by atoms with Crippen LogP contribution in [0.25, 0.3) is 0 Å². The van der Waals surface area contributed by atoms with Crippen LogP contribution in [0.4, 0.5) is 0 Å². The van der Waals surface area contributed by atoms with Crippen molar-refractivity contribution in [2.45, 2.75) is 17.9 Å². The highest BCUT2D eigenvalue weighted by molar-refractivity contribution is 7.99. The molecule has 0 radical (unpaired) electrons. The summed E-state index contributed by atoms with van der Waals surface area (Å²) in [5, 5.41) is 20.2. The molecule has 1 aliphatic heterocycles. The molecule has 1 unspecified atom stereocenters. The van der Waals surface area contributed by atoms with Crippen molar-refractivity contribution in [2.75, 3.05) is 12.3 Å². The van der Waals surface area contributed by atoms with E-state index in [0.29, 0.717) is 5.46 Å². The van der Waals surface area contributed by atoms with Crippen molar-refractivity contribution in [1.29, 1.82) is 0 Å². The van der Waals surface area contributed by atoms with Gasteiger partial charge in [0.25, 0.3) is 0 Å². The fraction of sp³-hybridized carbons (Fsp3) is 0.400. The first-order chi connectivity index (χ1) is 8.11. The third kappa shape index (κ3) is 2.62. The van der Waals surface area contributed by atoms with Crippen molar-refractivity contribution in [1.82, 2.24) is 0 Å². The first-order valence-corrected chi connectivity index (χ1v) is 6.32. The lowest BCUT2D eigenvalue weighted by molar-refractivity contribution is -0.490. The molecule has 17 heavy (non-hydrogen) atoms. The van der Waals surface area contributed by atoms with Crippen LogP contribution in [0.5, 0.6) is 0 Å². The second-order valence-electron chi connectivity index (χ2n) is 3.72. The van der Waals surface area contributed by atoms with Gasteiger partial charge in [-0.3, -0.25) is 10.1 Å². The maximum atomic E-state index is 10.5. The molecule has 0 saturated heterocycles. The van der Waals surface area contributed by atoms with Crippen molar-refractivity contribution >= 4 is 24.3 Å². The molecule has 7 heteroatoms. The number of benzene rings is 1. The number of nitrogens with zero attached hydrogens (tertiary/aromatic N) is 1. The van der Waals surface area contributed by atoms with Gasteiger partial charge in [-0.15, -0.1) is 11.8 Å². The maximum absolute atomic E-state index is 10.5. The lowest BCUT2D eigenvalue weighted by atomic mass is 9.79. The van der Waals surface area contributed by atoms with Crippen molar-refractivity contribution in [3.63, 3.8) is 0 Å². The summed E-state index contributed by atoms with van der Waals surface area (Å²) in [5.41, 5.74) is 1.37.